The van der Waals surface area contributed by atoms with Gasteiger partial charge in [0.1, 0.15) is 18.1 Å². The molecule has 1 aromatic rings. The first-order valence-corrected chi connectivity index (χ1v) is 13.7. The number of benzene rings is 1. The van der Waals surface area contributed by atoms with Crippen LogP contribution in [0.3, 0.4) is 0 Å². The molecule has 2 aliphatic carbocycles. The van der Waals surface area contributed by atoms with E-state index in [-0.39, 0.29) is 24.8 Å². The molecule has 1 saturated heterocycles. The number of nitriles is 1. The topological polar surface area (TPSA) is 143 Å². The largest absolute Gasteiger partial charge is 0.465 e. The Balaban J connectivity index is 1.43. The second-order valence-corrected chi connectivity index (χ2v) is 13.0. The van der Waals surface area contributed by atoms with Crippen molar-refractivity contribution in [1.82, 2.24) is 15.1 Å². The summed E-state index contributed by atoms with van der Waals surface area (Å²) in [5.74, 6) is -0.836. The van der Waals surface area contributed by atoms with Crippen molar-refractivity contribution in [3.8, 4) is 6.07 Å². The molecule has 2 heterocycles. The first-order chi connectivity index (χ1) is 18.3. The lowest BCUT2D eigenvalue weighted by molar-refractivity contribution is -0.139. The van der Waals surface area contributed by atoms with E-state index in [4.69, 9.17) is 0 Å². The number of nitrogens with zero attached hydrogens (tertiary/aromatic N) is 3. The molecule has 2 aliphatic heterocycles. The molecule has 0 bridgehead atoms. The average molecular weight is 536 g/mol. The molecule has 0 radical (unpaired) electrons. The monoisotopic (exact) mass is 535 g/mol. The van der Waals surface area contributed by atoms with Gasteiger partial charge in [-0.3, -0.25) is 19.3 Å². The summed E-state index contributed by atoms with van der Waals surface area (Å²) in [5, 5.41) is 25.9. The van der Waals surface area contributed by atoms with Gasteiger partial charge in [-0.1, -0.05) is 38.0 Å². The fourth-order valence-corrected chi connectivity index (χ4v) is 6.35. The maximum absolute atomic E-state index is 14.1. The molecule has 2 saturated carbocycles. The van der Waals surface area contributed by atoms with Crippen LogP contribution >= 0.6 is 0 Å². The predicted octanol–water partition coefficient (Wildman–Crippen LogP) is 3.23. The van der Waals surface area contributed by atoms with Gasteiger partial charge in [-0.25, -0.2) is 4.79 Å². The van der Waals surface area contributed by atoms with Crippen LogP contribution in [-0.2, 0) is 19.8 Å². The van der Waals surface area contributed by atoms with Crippen LogP contribution in [0.2, 0.25) is 0 Å². The fraction of sp³-hybridized carbons (Fsp3) is 0.621. The van der Waals surface area contributed by atoms with Crippen molar-refractivity contribution in [3.05, 3.63) is 29.8 Å². The minimum absolute atomic E-state index is 0.0499. The SMILES string of the molecule is CC1(C(C(=O)NC(CC2CC2)C(=O)N2C[C@]3(C[C@H]2C#N)C(=O)Nc2ccccc23)N(C(=O)O)C(C)(C)C)CC1. The Kier molecular flexibility index (Phi) is 6.40. The third-order valence-electron chi connectivity index (χ3n) is 8.93. The van der Waals surface area contributed by atoms with Crippen LogP contribution in [0.25, 0.3) is 0 Å². The molecule has 3 N–H and O–H groups in total. The van der Waals surface area contributed by atoms with Crippen molar-refractivity contribution in [2.45, 2.75) is 95.3 Å². The summed E-state index contributed by atoms with van der Waals surface area (Å²) in [6.45, 7) is 7.22. The Morgan fingerprint density at radius 1 is 1.26 bits per heavy atom. The minimum atomic E-state index is -1.18. The smallest absolute Gasteiger partial charge is 0.408 e. The van der Waals surface area contributed by atoms with Crippen molar-refractivity contribution in [2.75, 3.05) is 11.9 Å². The van der Waals surface area contributed by atoms with E-state index in [1.165, 1.54) is 9.80 Å². The molecule has 208 valence electrons. The molecule has 4 aliphatic rings. The van der Waals surface area contributed by atoms with Gasteiger partial charge in [0.15, 0.2) is 0 Å². The minimum Gasteiger partial charge on any atom is -0.465 e. The van der Waals surface area contributed by atoms with Gasteiger partial charge in [0.05, 0.1) is 11.5 Å². The number of hydrogen-bond acceptors (Lipinski definition) is 5. The van der Waals surface area contributed by atoms with E-state index in [9.17, 15) is 29.5 Å². The molecule has 10 heteroatoms. The van der Waals surface area contributed by atoms with Gasteiger partial charge >= 0.3 is 6.09 Å². The van der Waals surface area contributed by atoms with E-state index in [1.807, 2.05) is 31.2 Å². The molecular formula is C29H37N5O5. The number of fused-ring (bicyclic) bond motifs is 2. The number of carboxylic acid groups (broad SMARTS) is 1. The van der Waals surface area contributed by atoms with Crippen LogP contribution in [0.15, 0.2) is 24.3 Å². The third kappa shape index (κ3) is 4.72. The normalized spacial score (nSPS) is 26.3. The van der Waals surface area contributed by atoms with E-state index < -0.39 is 52.4 Å². The summed E-state index contributed by atoms with van der Waals surface area (Å²) < 4.78 is 0. The maximum atomic E-state index is 14.1. The zero-order valence-electron chi connectivity index (χ0n) is 23.0. The molecule has 4 amide bonds. The first kappa shape index (κ1) is 27.0. The molecule has 5 rings (SSSR count). The summed E-state index contributed by atoms with van der Waals surface area (Å²) in [7, 11) is 0. The van der Waals surface area contributed by atoms with Crippen LogP contribution in [0.1, 0.15) is 71.8 Å². The quantitative estimate of drug-likeness (QED) is 0.489. The second-order valence-electron chi connectivity index (χ2n) is 13.0. The highest BCUT2D eigenvalue weighted by Crippen LogP contribution is 2.51. The zero-order valence-corrected chi connectivity index (χ0v) is 23.0. The number of carbonyl (C=O) groups is 4. The summed E-state index contributed by atoms with van der Waals surface area (Å²) >= 11 is 0. The fourth-order valence-electron chi connectivity index (χ4n) is 6.35. The number of nitrogens with one attached hydrogen (secondary N) is 2. The standard InChI is InChI=1S/C29H37N5O5/c1-27(2,3)34(26(38)39)22(28(4)11-12-28)23(35)31-21(13-17-9-10-17)24(36)33-16-29(14-18(33)15-30)19-7-5-6-8-20(19)32-25(29)37/h5-8,17-18,21-22H,9-14,16H2,1-4H3,(H,31,35)(H,32,37)(H,38,39)/t18-,21?,22?,29-/m0/s1. The van der Waals surface area contributed by atoms with Gasteiger partial charge in [-0.05, 0) is 63.0 Å². The number of rotatable bonds is 7. The summed E-state index contributed by atoms with van der Waals surface area (Å²) in [6, 6.07) is 6.86. The van der Waals surface area contributed by atoms with Crippen LogP contribution < -0.4 is 10.6 Å². The van der Waals surface area contributed by atoms with Gasteiger partial charge in [0.25, 0.3) is 0 Å². The number of amides is 4. The van der Waals surface area contributed by atoms with Crippen LogP contribution in [0.4, 0.5) is 10.5 Å². The summed E-state index contributed by atoms with van der Waals surface area (Å²) in [4.78, 5) is 56.1. The summed E-state index contributed by atoms with van der Waals surface area (Å²) in [5.41, 5.74) is -0.894. The van der Waals surface area contributed by atoms with Crippen LogP contribution in [-0.4, -0.2) is 68.9 Å². The van der Waals surface area contributed by atoms with E-state index in [0.29, 0.717) is 24.9 Å². The lowest BCUT2D eigenvalue weighted by Crippen LogP contribution is -2.62. The highest BCUT2D eigenvalue weighted by atomic mass is 16.4. The number of anilines is 1. The summed E-state index contributed by atoms with van der Waals surface area (Å²) in [6.07, 6.45) is 2.74. The van der Waals surface area contributed by atoms with E-state index in [1.54, 1.807) is 20.8 Å². The number of hydrogen-bond donors (Lipinski definition) is 3. The number of carbonyl (C=O) groups excluding carboxylic acids is 3. The molecule has 2 unspecified atom stereocenters. The first-order valence-electron chi connectivity index (χ1n) is 13.7. The highest BCUT2D eigenvalue weighted by molar-refractivity contribution is 6.07. The Labute approximate surface area is 228 Å². The number of para-hydroxylation sites is 1. The van der Waals surface area contributed by atoms with Crippen molar-refractivity contribution >= 4 is 29.5 Å². The van der Waals surface area contributed by atoms with Crippen LogP contribution in [0, 0.1) is 22.7 Å². The highest BCUT2D eigenvalue weighted by Gasteiger charge is 2.58. The molecule has 10 nitrogen and oxygen atoms in total. The van der Waals surface area contributed by atoms with Gasteiger partial charge < -0.3 is 20.6 Å². The van der Waals surface area contributed by atoms with Crippen molar-refractivity contribution in [1.29, 1.82) is 5.26 Å². The molecule has 3 fully saturated rings. The Bertz CT molecular complexity index is 1260. The van der Waals surface area contributed by atoms with Gasteiger partial charge in [0.2, 0.25) is 17.7 Å². The second kappa shape index (κ2) is 9.25. The lowest BCUT2D eigenvalue weighted by atomic mass is 9.80. The molecule has 0 aromatic heterocycles. The Morgan fingerprint density at radius 2 is 1.92 bits per heavy atom. The molecule has 4 atom stereocenters. The van der Waals surface area contributed by atoms with Crippen molar-refractivity contribution in [3.63, 3.8) is 0 Å². The Hall–Kier alpha value is -3.61. The van der Waals surface area contributed by atoms with Gasteiger partial charge in [-0.2, -0.15) is 5.26 Å². The van der Waals surface area contributed by atoms with Gasteiger partial charge in [-0.15, -0.1) is 0 Å². The number of likely N-dealkylation sites (tertiary alicyclic amines) is 1. The lowest BCUT2D eigenvalue weighted by Gasteiger charge is -2.42. The Morgan fingerprint density at radius 3 is 2.49 bits per heavy atom. The molecule has 1 spiro atoms. The predicted molar refractivity (Wildman–Crippen MR) is 142 cm³/mol. The molecule has 39 heavy (non-hydrogen) atoms. The van der Waals surface area contributed by atoms with E-state index >= 15 is 0 Å². The van der Waals surface area contributed by atoms with E-state index in [2.05, 4.69) is 16.7 Å². The van der Waals surface area contributed by atoms with E-state index in [0.717, 1.165) is 18.4 Å². The molecule has 1 aromatic carbocycles. The zero-order chi connectivity index (χ0) is 28.3. The van der Waals surface area contributed by atoms with Crippen LogP contribution in [0.5, 0.6) is 0 Å². The van der Waals surface area contributed by atoms with Crippen molar-refractivity contribution in [2.24, 2.45) is 11.3 Å². The third-order valence-corrected chi connectivity index (χ3v) is 8.93. The maximum Gasteiger partial charge on any atom is 0.408 e. The molecular weight excluding hydrogens is 498 g/mol. The van der Waals surface area contributed by atoms with Crippen molar-refractivity contribution < 1.29 is 24.3 Å². The average Bonchev–Trinajstić information content (AvgIpc) is 3.77. The van der Waals surface area contributed by atoms with Gasteiger partial charge in [0, 0.05) is 24.2 Å².